The van der Waals surface area contributed by atoms with Crippen molar-refractivity contribution in [1.82, 2.24) is 5.32 Å². The van der Waals surface area contributed by atoms with Crippen LogP contribution in [0, 0.1) is 5.82 Å². The van der Waals surface area contributed by atoms with E-state index in [-0.39, 0.29) is 11.7 Å². The van der Waals surface area contributed by atoms with E-state index in [0.29, 0.717) is 6.54 Å². The van der Waals surface area contributed by atoms with Crippen molar-refractivity contribution in [3.05, 3.63) is 79.9 Å². The molecule has 0 aliphatic heterocycles. The van der Waals surface area contributed by atoms with Gasteiger partial charge in [-0.05, 0) is 54.1 Å². The summed E-state index contributed by atoms with van der Waals surface area (Å²) in [7, 11) is 0. The molecule has 2 N–H and O–H groups in total. The Morgan fingerprint density at radius 3 is 2.58 bits per heavy atom. The minimum absolute atomic E-state index is 0.0159. The normalized spacial score (nSPS) is 16.2. The van der Waals surface area contributed by atoms with Crippen molar-refractivity contribution in [3.8, 4) is 0 Å². The number of benzene rings is 1. The minimum atomic E-state index is -0.613. The Morgan fingerprint density at radius 1 is 1.15 bits per heavy atom. The molecule has 0 spiro atoms. The summed E-state index contributed by atoms with van der Waals surface area (Å²) in [4.78, 5) is 15.4. The molecule has 3 aromatic rings. The predicted octanol–water partition coefficient (Wildman–Crippen LogP) is 4.38. The van der Waals surface area contributed by atoms with E-state index in [0.717, 1.165) is 33.0 Å². The molecule has 1 aliphatic rings. The summed E-state index contributed by atoms with van der Waals surface area (Å²) in [6.45, 7) is 0.434. The molecule has 1 aliphatic carbocycles. The number of nitrogens with one attached hydrogen (secondary N) is 1. The van der Waals surface area contributed by atoms with Crippen molar-refractivity contribution in [2.24, 2.45) is 0 Å². The van der Waals surface area contributed by atoms with Gasteiger partial charge < -0.3 is 10.4 Å². The number of amides is 1. The molecule has 134 valence electrons. The third kappa shape index (κ3) is 3.32. The number of hydrogen-bond acceptors (Lipinski definition) is 4. The number of hydrogen-bond donors (Lipinski definition) is 2. The van der Waals surface area contributed by atoms with E-state index in [1.165, 1.54) is 34.8 Å². The number of rotatable bonds is 6. The predicted molar refractivity (Wildman–Crippen MR) is 102 cm³/mol. The maximum absolute atomic E-state index is 13.1. The molecule has 0 bridgehead atoms. The Balaban J connectivity index is 1.40. The monoisotopic (exact) mass is 387 g/mol. The van der Waals surface area contributed by atoms with Crippen LogP contribution in [0.25, 0.3) is 0 Å². The topological polar surface area (TPSA) is 49.3 Å². The first-order valence-electron chi connectivity index (χ1n) is 8.43. The van der Waals surface area contributed by atoms with E-state index in [2.05, 4.69) is 5.32 Å². The minimum Gasteiger partial charge on any atom is -0.382 e. The molecule has 1 saturated carbocycles. The molecule has 0 radical (unpaired) electrons. The SMILES string of the molecule is O=C(NCc1ccc(C(O)c2cccs2)s1)C1(c2ccc(F)cc2)CC1. The Hall–Kier alpha value is -2.02. The highest BCUT2D eigenvalue weighted by Gasteiger charge is 2.51. The molecule has 1 atom stereocenters. The summed E-state index contributed by atoms with van der Waals surface area (Å²) in [5, 5.41) is 15.3. The van der Waals surface area contributed by atoms with Crippen LogP contribution in [-0.2, 0) is 16.8 Å². The number of carbonyl (C=O) groups is 1. The quantitative estimate of drug-likeness (QED) is 0.659. The lowest BCUT2D eigenvalue weighted by Gasteiger charge is -2.15. The van der Waals surface area contributed by atoms with Crippen LogP contribution in [0.15, 0.2) is 53.9 Å². The second-order valence-corrected chi connectivity index (χ2v) is 8.67. The van der Waals surface area contributed by atoms with Gasteiger partial charge in [0.1, 0.15) is 11.9 Å². The molecular formula is C20H18FNO2S2. The zero-order chi connectivity index (χ0) is 18.1. The van der Waals surface area contributed by atoms with E-state index in [1.54, 1.807) is 12.1 Å². The first-order valence-corrected chi connectivity index (χ1v) is 10.1. The molecule has 1 amide bonds. The first-order chi connectivity index (χ1) is 12.6. The van der Waals surface area contributed by atoms with Gasteiger partial charge in [0, 0.05) is 14.6 Å². The van der Waals surface area contributed by atoms with Crippen molar-refractivity contribution in [3.63, 3.8) is 0 Å². The number of aliphatic hydroxyl groups excluding tert-OH is 1. The molecule has 6 heteroatoms. The molecule has 3 nitrogen and oxygen atoms in total. The fraction of sp³-hybridized carbons (Fsp3) is 0.250. The van der Waals surface area contributed by atoms with Crippen LogP contribution in [0.4, 0.5) is 4.39 Å². The van der Waals surface area contributed by atoms with Gasteiger partial charge in [0.25, 0.3) is 0 Å². The fourth-order valence-corrected chi connectivity index (χ4v) is 4.86. The van der Waals surface area contributed by atoms with Gasteiger partial charge in [0.2, 0.25) is 5.91 Å². The second-order valence-electron chi connectivity index (χ2n) is 6.49. The zero-order valence-corrected chi connectivity index (χ0v) is 15.6. The van der Waals surface area contributed by atoms with Crippen molar-refractivity contribution in [1.29, 1.82) is 0 Å². The van der Waals surface area contributed by atoms with Gasteiger partial charge in [-0.2, -0.15) is 0 Å². The van der Waals surface area contributed by atoms with Gasteiger partial charge in [-0.25, -0.2) is 4.39 Å². The molecule has 4 rings (SSSR count). The van der Waals surface area contributed by atoms with Gasteiger partial charge in [-0.15, -0.1) is 22.7 Å². The van der Waals surface area contributed by atoms with E-state index < -0.39 is 11.5 Å². The smallest absolute Gasteiger partial charge is 0.230 e. The maximum atomic E-state index is 13.1. The Labute approximate surface area is 159 Å². The van der Waals surface area contributed by atoms with E-state index in [4.69, 9.17) is 0 Å². The van der Waals surface area contributed by atoms with E-state index >= 15 is 0 Å². The molecule has 1 unspecified atom stereocenters. The fourth-order valence-electron chi connectivity index (χ4n) is 3.10. The average molecular weight is 388 g/mol. The Kier molecular flexibility index (Phi) is 4.65. The highest BCUT2D eigenvalue weighted by Crippen LogP contribution is 2.48. The second kappa shape index (κ2) is 6.95. The number of halogens is 1. The molecule has 2 aromatic heterocycles. The summed E-state index contributed by atoms with van der Waals surface area (Å²) >= 11 is 3.03. The Morgan fingerprint density at radius 2 is 1.92 bits per heavy atom. The van der Waals surface area contributed by atoms with Crippen LogP contribution in [0.3, 0.4) is 0 Å². The molecular weight excluding hydrogens is 369 g/mol. The lowest BCUT2D eigenvalue weighted by molar-refractivity contribution is -0.123. The molecule has 1 aromatic carbocycles. The molecule has 26 heavy (non-hydrogen) atoms. The lowest BCUT2D eigenvalue weighted by Crippen LogP contribution is -2.34. The summed E-state index contributed by atoms with van der Waals surface area (Å²) in [5.74, 6) is -0.307. The third-order valence-corrected chi connectivity index (χ3v) is 6.83. The number of carbonyl (C=O) groups excluding carboxylic acids is 1. The zero-order valence-electron chi connectivity index (χ0n) is 13.9. The molecule has 0 saturated heterocycles. The van der Waals surface area contributed by atoms with Crippen molar-refractivity contribution < 1.29 is 14.3 Å². The summed E-state index contributed by atoms with van der Waals surface area (Å²) in [5.41, 5.74) is 0.362. The van der Waals surface area contributed by atoms with Crippen LogP contribution in [0.1, 0.15) is 39.1 Å². The van der Waals surface area contributed by atoms with Gasteiger partial charge in [0.15, 0.2) is 0 Å². The summed E-state index contributed by atoms with van der Waals surface area (Å²) in [6, 6.07) is 13.9. The summed E-state index contributed by atoms with van der Waals surface area (Å²) < 4.78 is 13.1. The van der Waals surface area contributed by atoms with Crippen LogP contribution in [0.5, 0.6) is 0 Å². The van der Waals surface area contributed by atoms with E-state index in [1.807, 2.05) is 29.6 Å². The molecule has 1 fully saturated rings. The number of aliphatic hydroxyl groups is 1. The van der Waals surface area contributed by atoms with Gasteiger partial charge in [0.05, 0.1) is 12.0 Å². The third-order valence-electron chi connectivity index (χ3n) is 4.77. The standard InChI is InChI=1S/C20H18FNO2S2/c21-14-5-3-13(4-6-14)20(9-10-20)19(24)22-12-15-7-8-17(26-15)18(23)16-2-1-11-25-16/h1-8,11,18,23H,9-10,12H2,(H,22,24). The van der Waals surface area contributed by atoms with E-state index in [9.17, 15) is 14.3 Å². The van der Waals surface area contributed by atoms with Crippen LogP contribution in [-0.4, -0.2) is 11.0 Å². The lowest BCUT2D eigenvalue weighted by atomic mass is 9.95. The van der Waals surface area contributed by atoms with Crippen LogP contribution >= 0.6 is 22.7 Å². The van der Waals surface area contributed by atoms with Crippen LogP contribution in [0.2, 0.25) is 0 Å². The summed E-state index contributed by atoms with van der Waals surface area (Å²) in [6.07, 6.45) is 0.965. The first kappa shape index (κ1) is 17.4. The van der Waals surface area contributed by atoms with Crippen molar-refractivity contribution in [2.45, 2.75) is 30.9 Å². The largest absolute Gasteiger partial charge is 0.382 e. The number of thiophene rings is 2. The maximum Gasteiger partial charge on any atom is 0.230 e. The van der Waals surface area contributed by atoms with Crippen molar-refractivity contribution in [2.75, 3.05) is 0 Å². The van der Waals surface area contributed by atoms with Gasteiger partial charge in [-0.3, -0.25) is 4.79 Å². The highest BCUT2D eigenvalue weighted by atomic mass is 32.1. The molecule has 2 heterocycles. The van der Waals surface area contributed by atoms with Gasteiger partial charge >= 0.3 is 0 Å². The Bertz CT molecular complexity index is 898. The average Bonchev–Trinajstić information content (AvgIpc) is 3.08. The highest BCUT2D eigenvalue weighted by molar-refractivity contribution is 7.12. The van der Waals surface area contributed by atoms with Crippen molar-refractivity contribution >= 4 is 28.6 Å². The van der Waals surface area contributed by atoms with Crippen LogP contribution < -0.4 is 5.32 Å². The van der Waals surface area contributed by atoms with Gasteiger partial charge in [-0.1, -0.05) is 18.2 Å².